The number of carbonyl (C=O) groups is 1. The Balaban J connectivity index is 3.34. The molecule has 1 rings (SSSR count). The summed E-state index contributed by atoms with van der Waals surface area (Å²) in [6.07, 6.45) is 0.217. The topological polar surface area (TPSA) is 50.1 Å². The van der Waals surface area contributed by atoms with Gasteiger partial charge in [0.15, 0.2) is 0 Å². The second-order valence-corrected chi connectivity index (χ2v) is 4.81. The Hall–Kier alpha value is -1.68. The number of nitrogens with zero attached hydrogens (tertiary/aromatic N) is 1. The van der Waals surface area contributed by atoms with Gasteiger partial charge in [0.25, 0.3) is 0 Å². The molecular weight excluding hydrogens is 291 g/mol. The monoisotopic (exact) mass is 303 g/mol. The van der Waals surface area contributed by atoms with Crippen LogP contribution in [0.5, 0.6) is 0 Å². The molecule has 0 bridgehead atoms. The zero-order valence-corrected chi connectivity index (χ0v) is 11.7. The molecule has 0 saturated carbocycles. The summed E-state index contributed by atoms with van der Waals surface area (Å²) in [5.74, 6) is -0.706. The second-order valence-electron chi connectivity index (χ2n) is 3.70. The molecule has 20 heavy (non-hydrogen) atoms. The van der Waals surface area contributed by atoms with Gasteiger partial charge in [0, 0.05) is 4.90 Å². The van der Waals surface area contributed by atoms with Crippen LogP contribution in [0.1, 0.15) is 35.3 Å². The Kier molecular flexibility index (Phi) is 5.45. The molecule has 0 spiro atoms. The molecular formula is C13H12F3NO2S. The number of benzene rings is 1. The van der Waals surface area contributed by atoms with E-state index in [9.17, 15) is 18.0 Å². The maximum atomic E-state index is 12.5. The smallest absolute Gasteiger partial charge is 0.446 e. The van der Waals surface area contributed by atoms with E-state index in [4.69, 9.17) is 10.00 Å². The van der Waals surface area contributed by atoms with E-state index < -0.39 is 11.5 Å². The van der Waals surface area contributed by atoms with Crippen molar-refractivity contribution < 1.29 is 22.7 Å². The lowest BCUT2D eigenvalue weighted by Crippen LogP contribution is -2.10. The molecule has 0 N–H and O–H groups in total. The number of rotatable bonds is 4. The zero-order valence-electron chi connectivity index (χ0n) is 10.9. The molecule has 0 amide bonds. The van der Waals surface area contributed by atoms with Crippen LogP contribution in [0, 0.1) is 11.3 Å². The summed E-state index contributed by atoms with van der Waals surface area (Å²) in [7, 11) is 0. The van der Waals surface area contributed by atoms with Crippen molar-refractivity contribution in [3.63, 3.8) is 0 Å². The zero-order chi connectivity index (χ0) is 15.3. The fraction of sp³-hybridized carbons (Fsp3) is 0.385. The first-order valence-corrected chi connectivity index (χ1v) is 6.64. The molecule has 0 unspecified atom stereocenters. The Morgan fingerprint density at radius 2 is 2.05 bits per heavy atom. The minimum Gasteiger partial charge on any atom is -0.462 e. The number of nitriles is 1. The van der Waals surface area contributed by atoms with Crippen LogP contribution in [-0.2, 0) is 11.2 Å². The number of hydrogen-bond acceptors (Lipinski definition) is 4. The summed E-state index contributed by atoms with van der Waals surface area (Å²) in [5.41, 5.74) is -4.29. The van der Waals surface area contributed by atoms with Gasteiger partial charge in [-0.15, -0.1) is 0 Å². The third-order valence-electron chi connectivity index (χ3n) is 2.46. The van der Waals surface area contributed by atoms with Crippen molar-refractivity contribution in [2.24, 2.45) is 0 Å². The molecule has 0 heterocycles. The van der Waals surface area contributed by atoms with Gasteiger partial charge in [-0.2, -0.15) is 18.4 Å². The maximum absolute atomic E-state index is 12.5. The molecule has 0 fully saturated rings. The molecule has 3 nitrogen and oxygen atoms in total. The first-order valence-electron chi connectivity index (χ1n) is 5.82. The number of carbonyl (C=O) groups excluding carboxylic acids is 1. The lowest BCUT2D eigenvalue weighted by molar-refractivity contribution is -0.0328. The molecule has 7 heteroatoms. The van der Waals surface area contributed by atoms with Gasteiger partial charge in [-0.25, -0.2) is 4.79 Å². The number of halogens is 3. The number of ether oxygens (including phenoxy) is 1. The quantitative estimate of drug-likeness (QED) is 0.625. The van der Waals surface area contributed by atoms with Crippen LogP contribution in [-0.4, -0.2) is 18.1 Å². The van der Waals surface area contributed by atoms with Crippen molar-refractivity contribution in [3.8, 4) is 6.07 Å². The lowest BCUT2D eigenvalue weighted by Gasteiger charge is -2.13. The van der Waals surface area contributed by atoms with Crippen LogP contribution in [0.25, 0.3) is 0 Å². The normalized spacial score (nSPS) is 11.0. The Morgan fingerprint density at radius 1 is 1.40 bits per heavy atom. The lowest BCUT2D eigenvalue weighted by atomic mass is 10.00. The van der Waals surface area contributed by atoms with Crippen LogP contribution in [0.2, 0.25) is 0 Å². The van der Waals surface area contributed by atoms with E-state index in [1.54, 1.807) is 19.9 Å². The maximum Gasteiger partial charge on any atom is 0.446 e. The average Bonchev–Trinajstić information content (AvgIpc) is 2.36. The fourth-order valence-electron chi connectivity index (χ4n) is 1.71. The van der Waals surface area contributed by atoms with Crippen molar-refractivity contribution >= 4 is 17.7 Å². The summed E-state index contributed by atoms with van der Waals surface area (Å²) < 4.78 is 42.2. The first-order chi connectivity index (χ1) is 9.34. The summed E-state index contributed by atoms with van der Waals surface area (Å²) in [6, 6.07) is 4.20. The van der Waals surface area contributed by atoms with Crippen LogP contribution >= 0.6 is 11.8 Å². The van der Waals surface area contributed by atoms with Crippen molar-refractivity contribution in [2.45, 2.75) is 30.7 Å². The Bertz CT molecular complexity index is 550. The molecule has 1 aromatic carbocycles. The summed E-state index contributed by atoms with van der Waals surface area (Å²) in [5, 5.41) is 9.12. The van der Waals surface area contributed by atoms with Gasteiger partial charge in [0.2, 0.25) is 0 Å². The minimum absolute atomic E-state index is 0.00211. The molecule has 0 aromatic heterocycles. The second kappa shape index (κ2) is 6.66. The first kappa shape index (κ1) is 16.4. The highest BCUT2D eigenvalue weighted by molar-refractivity contribution is 8.00. The fourth-order valence-corrected chi connectivity index (χ4v) is 2.46. The molecule has 0 radical (unpaired) electrons. The molecule has 1 aromatic rings. The molecule has 0 aliphatic heterocycles. The van der Waals surface area contributed by atoms with Gasteiger partial charge in [-0.1, -0.05) is 6.92 Å². The predicted octanol–water partition coefficient (Wildman–Crippen LogP) is 3.91. The van der Waals surface area contributed by atoms with Gasteiger partial charge in [-0.3, -0.25) is 0 Å². The number of hydrogen-bond donors (Lipinski definition) is 0. The highest BCUT2D eigenvalue weighted by Crippen LogP contribution is 2.40. The largest absolute Gasteiger partial charge is 0.462 e. The van der Waals surface area contributed by atoms with Gasteiger partial charge < -0.3 is 4.74 Å². The van der Waals surface area contributed by atoms with Gasteiger partial charge in [0.1, 0.15) is 6.07 Å². The van der Waals surface area contributed by atoms with Gasteiger partial charge in [-0.05, 0) is 42.8 Å². The summed E-state index contributed by atoms with van der Waals surface area (Å²) in [6.45, 7) is 3.37. The molecule has 0 aliphatic carbocycles. The van der Waals surface area contributed by atoms with E-state index in [2.05, 4.69) is 0 Å². The standard InChI is InChI=1S/C13H12F3NO2S/c1-3-8-10(7-17)9(12(18)19-4-2)5-6-11(8)20-13(14,15)16/h5-6H,3-4H2,1-2H3. The van der Waals surface area contributed by atoms with Crippen LogP contribution in [0.15, 0.2) is 17.0 Å². The molecule has 0 atom stereocenters. The van der Waals surface area contributed by atoms with Crippen molar-refractivity contribution in [1.82, 2.24) is 0 Å². The van der Waals surface area contributed by atoms with E-state index in [-0.39, 0.29) is 46.4 Å². The molecule has 0 aliphatic rings. The third-order valence-corrected chi connectivity index (χ3v) is 3.29. The highest BCUT2D eigenvalue weighted by atomic mass is 32.2. The highest BCUT2D eigenvalue weighted by Gasteiger charge is 2.31. The van der Waals surface area contributed by atoms with Crippen LogP contribution < -0.4 is 0 Å². The average molecular weight is 303 g/mol. The Labute approximate surface area is 118 Å². The van der Waals surface area contributed by atoms with E-state index in [1.807, 2.05) is 0 Å². The third kappa shape index (κ3) is 3.90. The van der Waals surface area contributed by atoms with Gasteiger partial charge in [0.05, 0.1) is 17.7 Å². The van der Waals surface area contributed by atoms with E-state index in [0.717, 1.165) is 0 Å². The van der Waals surface area contributed by atoms with Crippen molar-refractivity contribution in [2.75, 3.05) is 6.61 Å². The minimum atomic E-state index is -4.44. The number of alkyl halides is 3. The van der Waals surface area contributed by atoms with Gasteiger partial charge >= 0.3 is 11.5 Å². The summed E-state index contributed by atoms with van der Waals surface area (Å²) in [4.78, 5) is 11.6. The van der Waals surface area contributed by atoms with E-state index in [1.165, 1.54) is 12.1 Å². The molecule has 0 saturated heterocycles. The van der Waals surface area contributed by atoms with E-state index >= 15 is 0 Å². The number of thioether (sulfide) groups is 1. The SMILES string of the molecule is CCOC(=O)c1ccc(SC(F)(F)F)c(CC)c1C#N. The van der Waals surface area contributed by atoms with Crippen LogP contribution in [0.4, 0.5) is 13.2 Å². The van der Waals surface area contributed by atoms with Crippen molar-refractivity contribution in [1.29, 1.82) is 5.26 Å². The van der Waals surface area contributed by atoms with Crippen LogP contribution in [0.3, 0.4) is 0 Å². The predicted molar refractivity (Wildman–Crippen MR) is 68.4 cm³/mol. The molecule has 108 valence electrons. The Morgan fingerprint density at radius 3 is 2.50 bits per heavy atom. The van der Waals surface area contributed by atoms with E-state index in [0.29, 0.717) is 0 Å². The number of esters is 1. The summed E-state index contributed by atoms with van der Waals surface area (Å²) >= 11 is -0.288. The van der Waals surface area contributed by atoms with Crippen molar-refractivity contribution in [3.05, 3.63) is 28.8 Å².